The molecule has 0 aliphatic carbocycles. The number of aromatic nitrogens is 2. The van der Waals surface area contributed by atoms with E-state index in [0.717, 1.165) is 11.6 Å². The molecule has 3 heteroatoms. The van der Waals surface area contributed by atoms with E-state index in [1.807, 2.05) is 36.4 Å². The molecule has 3 nitrogen and oxygen atoms in total. The molecule has 0 bridgehead atoms. The molecule has 0 atom stereocenters. The van der Waals surface area contributed by atoms with Gasteiger partial charge in [0.25, 0.3) is 0 Å². The average Bonchev–Trinajstić information content (AvgIpc) is 2.67. The largest absolute Gasteiger partial charge is 0.481 e. The lowest BCUT2D eigenvalue weighted by Gasteiger charge is -2.04. The van der Waals surface area contributed by atoms with Crippen molar-refractivity contribution in [2.45, 2.75) is 0 Å². The van der Waals surface area contributed by atoms with Crippen molar-refractivity contribution in [3.8, 4) is 11.6 Å². The first-order valence-corrected chi connectivity index (χ1v) is 4.05. The Morgan fingerprint density at radius 2 is 1.92 bits per heavy atom. The van der Waals surface area contributed by atoms with Crippen LogP contribution in [0.5, 0.6) is 5.88 Å². The third kappa shape index (κ3) is 1.40. The zero-order chi connectivity index (χ0) is 9.10. The maximum Gasteiger partial charge on any atom is 0.216 e. The summed E-state index contributed by atoms with van der Waals surface area (Å²) in [4.78, 5) is 0. The highest BCUT2D eigenvalue weighted by Crippen LogP contribution is 2.15. The van der Waals surface area contributed by atoms with Crippen molar-refractivity contribution in [1.29, 1.82) is 0 Å². The van der Waals surface area contributed by atoms with Crippen molar-refractivity contribution in [2.24, 2.45) is 0 Å². The van der Waals surface area contributed by atoms with Gasteiger partial charge in [0, 0.05) is 6.07 Å². The van der Waals surface area contributed by atoms with Gasteiger partial charge in [0.2, 0.25) is 5.88 Å². The Morgan fingerprint density at radius 1 is 1.15 bits per heavy atom. The van der Waals surface area contributed by atoms with E-state index >= 15 is 0 Å². The maximum absolute atomic E-state index is 5.14. The van der Waals surface area contributed by atoms with Crippen LogP contribution in [0.25, 0.3) is 5.69 Å². The van der Waals surface area contributed by atoms with Gasteiger partial charge in [0.1, 0.15) is 0 Å². The van der Waals surface area contributed by atoms with Crippen LogP contribution in [0.2, 0.25) is 0 Å². The summed E-state index contributed by atoms with van der Waals surface area (Å²) >= 11 is 0. The predicted molar refractivity (Wildman–Crippen MR) is 50.1 cm³/mol. The Morgan fingerprint density at radius 3 is 2.62 bits per heavy atom. The Kier molecular flexibility index (Phi) is 2.00. The summed E-state index contributed by atoms with van der Waals surface area (Å²) in [5.41, 5.74) is 1.00. The van der Waals surface area contributed by atoms with Crippen molar-refractivity contribution in [3.05, 3.63) is 42.6 Å². The Balaban J connectivity index is 2.47. The monoisotopic (exact) mass is 174 g/mol. The molecule has 1 aromatic heterocycles. The molecule has 0 saturated heterocycles. The number of rotatable bonds is 2. The second kappa shape index (κ2) is 3.31. The molecule has 0 saturated carbocycles. The lowest BCUT2D eigenvalue weighted by molar-refractivity contribution is 0.383. The molecular formula is C10H10N2O. The molecular weight excluding hydrogens is 164 g/mol. The molecule has 0 N–H and O–H groups in total. The molecule has 0 unspecified atom stereocenters. The van der Waals surface area contributed by atoms with Gasteiger partial charge in [-0.3, -0.25) is 0 Å². The van der Waals surface area contributed by atoms with Gasteiger partial charge in [-0.25, -0.2) is 4.68 Å². The molecule has 0 amide bonds. The smallest absolute Gasteiger partial charge is 0.216 e. The fraction of sp³-hybridized carbons (Fsp3) is 0.100. The average molecular weight is 174 g/mol. The van der Waals surface area contributed by atoms with Gasteiger partial charge in [-0.15, -0.1) is 0 Å². The minimum Gasteiger partial charge on any atom is -0.481 e. The van der Waals surface area contributed by atoms with E-state index in [2.05, 4.69) is 5.10 Å². The van der Waals surface area contributed by atoms with E-state index < -0.39 is 0 Å². The van der Waals surface area contributed by atoms with Gasteiger partial charge in [-0.05, 0) is 12.1 Å². The number of hydrogen-bond donors (Lipinski definition) is 0. The SMILES string of the molecule is COc1ccnn1-c1ccccc1. The predicted octanol–water partition coefficient (Wildman–Crippen LogP) is 1.88. The van der Waals surface area contributed by atoms with Crippen molar-refractivity contribution in [2.75, 3.05) is 7.11 Å². The van der Waals surface area contributed by atoms with Crippen molar-refractivity contribution in [3.63, 3.8) is 0 Å². The van der Waals surface area contributed by atoms with E-state index in [1.54, 1.807) is 18.0 Å². The Labute approximate surface area is 76.6 Å². The van der Waals surface area contributed by atoms with Crippen LogP contribution in [0.15, 0.2) is 42.6 Å². The third-order valence-electron chi connectivity index (χ3n) is 1.82. The molecule has 2 rings (SSSR count). The summed E-state index contributed by atoms with van der Waals surface area (Å²) in [6.45, 7) is 0. The summed E-state index contributed by atoms with van der Waals surface area (Å²) in [5, 5.41) is 4.15. The molecule has 13 heavy (non-hydrogen) atoms. The van der Waals surface area contributed by atoms with E-state index in [-0.39, 0.29) is 0 Å². The van der Waals surface area contributed by atoms with Gasteiger partial charge in [0.15, 0.2) is 0 Å². The molecule has 2 aromatic rings. The highest BCUT2D eigenvalue weighted by atomic mass is 16.5. The van der Waals surface area contributed by atoms with Gasteiger partial charge in [-0.1, -0.05) is 18.2 Å². The fourth-order valence-electron chi connectivity index (χ4n) is 1.21. The van der Waals surface area contributed by atoms with Gasteiger partial charge >= 0.3 is 0 Å². The maximum atomic E-state index is 5.14. The molecule has 0 fully saturated rings. The highest BCUT2D eigenvalue weighted by molar-refractivity contribution is 5.34. The number of benzene rings is 1. The summed E-state index contributed by atoms with van der Waals surface area (Å²) in [7, 11) is 1.64. The molecule has 66 valence electrons. The summed E-state index contributed by atoms with van der Waals surface area (Å²) in [6.07, 6.45) is 1.71. The first-order valence-electron chi connectivity index (χ1n) is 4.05. The number of nitrogens with zero attached hydrogens (tertiary/aromatic N) is 2. The standard InChI is InChI=1S/C10H10N2O/c1-13-10-7-8-11-12(10)9-5-3-2-4-6-9/h2-8H,1H3. The number of hydrogen-bond acceptors (Lipinski definition) is 2. The quantitative estimate of drug-likeness (QED) is 0.695. The minimum absolute atomic E-state index is 0.742. The van der Waals surface area contributed by atoms with Crippen LogP contribution in [-0.4, -0.2) is 16.9 Å². The second-order valence-electron chi connectivity index (χ2n) is 2.62. The van der Waals surface area contributed by atoms with E-state index in [4.69, 9.17) is 4.74 Å². The van der Waals surface area contributed by atoms with E-state index in [1.165, 1.54) is 0 Å². The number of ether oxygens (including phenoxy) is 1. The Hall–Kier alpha value is -1.77. The summed E-state index contributed by atoms with van der Waals surface area (Å²) < 4.78 is 6.89. The third-order valence-corrected chi connectivity index (χ3v) is 1.82. The lowest BCUT2D eigenvalue weighted by Crippen LogP contribution is -1.98. The van der Waals surface area contributed by atoms with Gasteiger partial charge in [0.05, 0.1) is 19.0 Å². The van der Waals surface area contributed by atoms with Gasteiger partial charge < -0.3 is 4.74 Å². The Bertz CT molecular complexity index is 381. The minimum atomic E-state index is 0.742. The van der Waals surface area contributed by atoms with E-state index in [0.29, 0.717) is 0 Å². The molecule has 1 aromatic carbocycles. The van der Waals surface area contributed by atoms with Crippen LogP contribution in [0.3, 0.4) is 0 Å². The van der Waals surface area contributed by atoms with Gasteiger partial charge in [-0.2, -0.15) is 5.10 Å². The fourth-order valence-corrected chi connectivity index (χ4v) is 1.21. The van der Waals surface area contributed by atoms with Crippen LogP contribution in [0.1, 0.15) is 0 Å². The second-order valence-corrected chi connectivity index (χ2v) is 2.62. The summed E-state index contributed by atoms with van der Waals surface area (Å²) in [5.74, 6) is 0.742. The molecule has 0 aliphatic heterocycles. The molecule has 0 spiro atoms. The van der Waals surface area contributed by atoms with E-state index in [9.17, 15) is 0 Å². The topological polar surface area (TPSA) is 27.1 Å². The highest BCUT2D eigenvalue weighted by Gasteiger charge is 2.02. The summed E-state index contributed by atoms with van der Waals surface area (Å²) in [6, 6.07) is 11.7. The first kappa shape index (κ1) is 7.86. The van der Waals surface area contributed by atoms with Crippen molar-refractivity contribution in [1.82, 2.24) is 9.78 Å². The number of para-hydroxylation sites is 1. The molecule has 0 radical (unpaired) electrons. The zero-order valence-electron chi connectivity index (χ0n) is 7.34. The lowest BCUT2D eigenvalue weighted by atomic mass is 10.3. The van der Waals surface area contributed by atoms with Crippen LogP contribution < -0.4 is 4.74 Å². The normalized spacial score (nSPS) is 9.92. The van der Waals surface area contributed by atoms with Crippen LogP contribution in [0, 0.1) is 0 Å². The van der Waals surface area contributed by atoms with Crippen LogP contribution in [-0.2, 0) is 0 Å². The first-order chi connectivity index (χ1) is 6.42. The zero-order valence-corrected chi connectivity index (χ0v) is 7.34. The van der Waals surface area contributed by atoms with Crippen LogP contribution in [0.4, 0.5) is 0 Å². The van der Waals surface area contributed by atoms with Crippen molar-refractivity contribution < 1.29 is 4.74 Å². The molecule has 0 aliphatic rings. The van der Waals surface area contributed by atoms with Crippen molar-refractivity contribution >= 4 is 0 Å². The number of methoxy groups -OCH3 is 1. The van der Waals surface area contributed by atoms with Crippen LogP contribution >= 0.6 is 0 Å². The molecule has 1 heterocycles.